The van der Waals surface area contributed by atoms with Crippen LogP contribution in [-0.2, 0) is 26.1 Å². The second-order valence-corrected chi connectivity index (χ2v) is 16.6. The average Bonchev–Trinajstić information content (AvgIpc) is 3.77. The van der Waals surface area contributed by atoms with Crippen LogP contribution in [0.15, 0.2) is 48.8 Å². The van der Waals surface area contributed by atoms with Crippen molar-refractivity contribution in [1.29, 1.82) is 0 Å². The molecule has 3 saturated heterocycles. The molecule has 2 aromatic carbocycles. The summed E-state index contributed by atoms with van der Waals surface area (Å²) in [7, 11) is 0. The number of anilines is 2. The van der Waals surface area contributed by atoms with Gasteiger partial charge in [0.2, 0.25) is 11.8 Å². The summed E-state index contributed by atoms with van der Waals surface area (Å²) in [6.45, 7) is 13.9. The van der Waals surface area contributed by atoms with Gasteiger partial charge in [-0.3, -0.25) is 38.9 Å². The Bertz CT molecular complexity index is 2200. The molecular weight excluding hydrogens is 741 g/mol. The number of fused-ring (bicyclic) bond motifs is 1. The van der Waals surface area contributed by atoms with E-state index in [-0.39, 0.29) is 35.4 Å². The van der Waals surface area contributed by atoms with E-state index in [4.69, 9.17) is 6.57 Å². The van der Waals surface area contributed by atoms with Crippen molar-refractivity contribution in [2.75, 3.05) is 36.4 Å². The van der Waals surface area contributed by atoms with E-state index in [0.717, 1.165) is 93.0 Å². The molecule has 1 aromatic heterocycles. The van der Waals surface area contributed by atoms with Crippen LogP contribution < -0.4 is 15.5 Å². The maximum atomic E-state index is 13.5. The minimum Gasteiger partial charge on any atom is -0.371 e. The number of carbonyl (C=O) groups is 5. The predicted octanol–water partition coefficient (Wildman–Crippen LogP) is 5.86. The summed E-state index contributed by atoms with van der Waals surface area (Å²) in [4.78, 5) is 72.6. The van der Waals surface area contributed by atoms with Crippen LogP contribution in [0.5, 0.6) is 0 Å². The van der Waals surface area contributed by atoms with Crippen LogP contribution >= 0.6 is 0 Å². The lowest BCUT2D eigenvalue weighted by Crippen LogP contribution is -2.56. The number of carbonyl (C=O) groups excluding carboxylic acids is 5. The van der Waals surface area contributed by atoms with Crippen molar-refractivity contribution in [2.24, 2.45) is 5.41 Å². The summed E-state index contributed by atoms with van der Waals surface area (Å²) in [6, 6.07) is 7.96. The molecule has 57 heavy (non-hydrogen) atoms. The van der Waals surface area contributed by atoms with Gasteiger partial charge in [0.15, 0.2) is 5.69 Å². The van der Waals surface area contributed by atoms with Gasteiger partial charge in [0.05, 0.1) is 29.5 Å². The molecular formula is C41H43F3N8O5. The highest BCUT2D eigenvalue weighted by Gasteiger charge is 2.49. The van der Waals surface area contributed by atoms with Crippen molar-refractivity contribution >= 4 is 46.6 Å². The Morgan fingerprint density at radius 1 is 0.947 bits per heavy atom. The minimum atomic E-state index is -4.73. The lowest BCUT2D eigenvalue weighted by molar-refractivity contribution is -0.137. The molecule has 1 saturated carbocycles. The van der Waals surface area contributed by atoms with Crippen LogP contribution in [0.25, 0.3) is 4.85 Å². The van der Waals surface area contributed by atoms with Crippen molar-refractivity contribution in [3.05, 3.63) is 82.5 Å². The Morgan fingerprint density at radius 2 is 1.65 bits per heavy atom. The van der Waals surface area contributed by atoms with E-state index in [1.807, 2.05) is 12.3 Å². The van der Waals surface area contributed by atoms with Crippen LogP contribution in [0.3, 0.4) is 0 Å². The van der Waals surface area contributed by atoms with E-state index in [0.29, 0.717) is 11.6 Å². The molecule has 16 heteroatoms. The molecule has 1 unspecified atom stereocenters. The fraction of sp³-hybridized carbons (Fsp3) is 0.488. The molecule has 8 rings (SSSR count). The highest BCUT2D eigenvalue weighted by atomic mass is 19.4. The molecule has 4 aliphatic heterocycles. The number of aromatic nitrogens is 2. The zero-order valence-corrected chi connectivity index (χ0v) is 31.7. The van der Waals surface area contributed by atoms with Gasteiger partial charge < -0.3 is 15.1 Å². The highest BCUT2D eigenvalue weighted by molar-refractivity contribution is 6.23. The van der Waals surface area contributed by atoms with Gasteiger partial charge in [-0.25, -0.2) is 4.85 Å². The fourth-order valence-corrected chi connectivity index (χ4v) is 9.28. The van der Waals surface area contributed by atoms with Crippen LogP contribution in [0.4, 0.5) is 30.2 Å². The predicted molar refractivity (Wildman–Crippen MR) is 201 cm³/mol. The third kappa shape index (κ3) is 6.96. The molecule has 1 atom stereocenters. The van der Waals surface area contributed by atoms with Crippen molar-refractivity contribution < 1.29 is 37.1 Å². The quantitative estimate of drug-likeness (QED) is 0.225. The first kappa shape index (κ1) is 38.3. The van der Waals surface area contributed by atoms with Gasteiger partial charge in [-0.05, 0) is 119 Å². The van der Waals surface area contributed by atoms with E-state index in [1.165, 1.54) is 6.07 Å². The lowest BCUT2D eigenvalue weighted by Gasteiger charge is -2.56. The number of rotatable bonds is 7. The number of hydrogen-bond donors (Lipinski definition) is 2. The largest absolute Gasteiger partial charge is 0.407 e. The Kier molecular flexibility index (Phi) is 9.49. The van der Waals surface area contributed by atoms with E-state index < -0.39 is 58.5 Å². The summed E-state index contributed by atoms with van der Waals surface area (Å²) in [5.41, 5.74) is -0.109. The SMILES string of the molecule is [C-]#[N+]c1ccc(NC(=O)C(C)(C)n2cc(C3CCN(C4CC5(CCN(c6ccc7c(c6)C(=O)N(C6CCC(=O)NC6=O)C7=O)CC5)C4)CC3)cn2)cc1C(F)(F)F. The Labute approximate surface area is 327 Å². The van der Waals surface area contributed by atoms with Gasteiger partial charge >= 0.3 is 6.18 Å². The third-order valence-electron chi connectivity index (χ3n) is 12.9. The van der Waals surface area contributed by atoms with E-state index >= 15 is 0 Å². The second kappa shape index (κ2) is 14.1. The summed E-state index contributed by atoms with van der Waals surface area (Å²) < 4.78 is 42.0. The molecule has 5 amide bonds. The molecule has 5 aliphatic rings. The summed E-state index contributed by atoms with van der Waals surface area (Å²) in [5, 5.41) is 9.29. The number of halogens is 3. The van der Waals surface area contributed by atoms with E-state index in [1.54, 1.807) is 36.9 Å². The Morgan fingerprint density at radius 3 is 2.32 bits per heavy atom. The maximum Gasteiger partial charge on any atom is 0.407 e. The first-order chi connectivity index (χ1) is 27.1. The van der Waals surface area contributed by atoms with Gasteiger partial charge in [0.1, 0.15) is 11.6 Å². The molecule has 2 N–H and O–H groups in total. The number of likely N-dealkylation sites (tertiary alicyclic amines) is 1. The van der Waals surface area contributed by atoms with Crippen LogP contribution in [0.2, 0.25) is 0 Å². The zero-order valence-electron chi connectivity index (χ0n) is 31.7. The van der Waals surface area contributed by atoms with Gasteiger partial charge in [-0.1, -0.05) is 6.07 Å². The third-order valence-corrected chi connectivity index (χ3v) is 12.9. The van der Waals surface area contributed by atoms with Gasteiger partial charge in [-0.2, -0.15) is 18.3 Å². The van der Waals surface area contributed by atoms with Crippen LogP contribution in [-0.4, -0.2) is 87.4 Å². The van der Waals surface area contributed by atoms with E-state index in [9.17, 15) is 37.1 Å². The number of benzene rings is 2. The van der Waals surface area contributed by atoms with Gasteiger partial charge in [0.25, 0.3) is 17.7 Å². The minimum absolute atomic E-state index is 0.0482. The number of nitrogens with zero attached hydrogens (tertiary/aromatic N) is 6. The summed E-state index contributed by atoms with van der Waals surface area (Å²) in [5.74, 6) is -2.29. The van der Waals surface area contributed by atoms with Crippen molar-refractivity contribution in [3.8, 4) is 0 Å². The first-order valence-electron chi connectivity index (χ1n) is 19.4. The molecule has 4 fully saturated rings. The fourth-order valence-electron chi connectivity index (χ4n) is 9.28. The van der Waals surface area contributed by atoms with Gasteiger partial charge in [0, 0.05) is 43.1 Å². The zero-order chi connectivity index (χ0) is 40.4. The summed E-state index contributed by atoms with van der Waals surface area (Å²) in [6.07, 6.45) is 5.33. The van der Waals surface area contributed by atoms with E-state index in [2.05, 4.69) is 30.4 Å². The Balaban J connectivity index is 0.815. The molecule has 0 radical (unpaired) electrons. The molecule has 5 heterocycles. The molecule has 0 bridgehead atoms. The van der Waals surface area contributed by atoms with Crippen molar-refractivity contribution in [1.82, 2.24) is 24.9 Å². The van der Waals surface area contributed by atoms with Crippen LogP contribution in [0, 0.1) is 12.0 Å². The standard InChI is InChI=1S/C41H43F3N8O5/c1-39(2,38(57)47-26-4-7-32(45-3)31(18-26)41(42,43)44)51-23-25(22-46-51)24-10-14-49(15-11-24)28-20-40(21-28)12-16-50(17-13-40)27-5-6-29-30(19-27)37(56)52(36(29)55)33-8-9-34(53)48-35(33)54/h4-7,18-19,22-24,28,33H,8-17,20-21H2,1-2H3,(H,47,57)(H,48,53,54). The maximum absolute atomic E-state index is 13.5. The number of hydrogen-bond acceptors (Lipinski definition) is 8. The van der Waals surface area contributed by atoms with Crippen molar-refractivity contribution in [2.45, 2.75) is 94.9 Å². The number of imide groups is 2. The molecule has 298 valence electrons. The summed E-state index contributed by atoms with van der Waals surface area (Å²) >= 11 is 0. The lowest BCUT2D eigenvalue weighted by atomic mass is 9.59. The highest BCUT2D eigenvalue weighted by Crippen LogP contribution is 2.52. The first-order valence-corrected chi connectivity index (χ1v) is 19.4. The van der Waals surface area contributed by atoms with Gasteiger partial charge in [-0.15, -0.1) is 0 Å². The van der Waals surface area contributed by atoms with Crippen molar-refractivity contribution in [3.63, 3.8) is 0 Å². The van der Waals surface area contributed by atoms with Crippen LogP contribution in [0.1, 0.15) is 103 Å². The smallest absolute Gasteiger partial charge is 0.371 e. The topological polar surface area (TPSA) is 141 Å². The monoisotopic (exact) mass is 784 g/mol. The average molecular weight is 785 g/mol. The number of amides is 5. The molecule has 1 spiro atoms. The normalized spacial score (nSPS) is 22.0. The number of alkyl halides is 3. The molecule has 1 aliphatic carbocycles. The second-order valence-electron chi connectivity index (χ2n) is 16.6. The molecule has 13 nitrogen and oxygen atoms in total. The number of piperidine rings is 3. The number of nitrogens with one attached hydrogen (secondary N) is 2. The molecule has 3 aromatic rings. The Hall–Kier alpha value is -5.56.